The predicted molar refractivity (Wildman–Crippen MR) is 114 cm³/mol. The molecule has 1 fully saturated rings. The summed E-state index contributed by atoms with van der Waals surface area (Å²) in [6.07, 6.45) is 1.76. The number of nitrogens with one attached hydrogen (secondary N) is 3. The molecule has 1 aliphatic rings. The second-order valence-electron chi connectivity index (χ2n) is 6.88. The molecule has 0 aliphatic carbocycles. The van der Waals surface area contributed by atoms with Crippen LogP contribution in [0.5, 0.6) is 0 Å². The molecule has 2 amide bonds. The highest BCUT2D eigenvalue weighted by Crippen LogP contribution is 2.11. The van der Waals surface area contributed by atoms with Gasteiger partial charge in [-0.15, -0.1) is 0 Å². The highest BCUT2D eigenvalue weighted by atomic mass is 16.6. The van der Waals surface area contributed by atoms with Crippen molar-refractivity contribution in [2.24, 2.45) is 4.99 Å². The van der Waals surface area contributed by atoms with Crippen LogP contribution >= 0.6 is 0 Å². The molecule has 0 bridgehead atoms. The van der Waals surface area contributed by atoms with E-state index in [9.17, 15) is 9.59 Å². The molecule has 8 heteroatoms. The number of aliphatic imine (C=N–C) groups is 1. The minimum atomic E-state index is -0.243. The fourth-order valence-corrected chi connectivity index (χ4v) is 3.09. The van der Waals surface area contributed by atoms with E-state index in [-0.39, 0.29) is 18.0 Å². The average Bonchev–Trinajstić information content (AvgIpc) is 2.74. The van der Waals surface area contributed by atoms with Crippen LogP contribution in [0.3, 0.4) is 0 Å². The second kappa shape index (κ2) is 12.6. The molecule has 160 valence electrons. The maximum atomic E-state index is 12.0. The lowest BCUT2D eigenvalue weighted by atomic mass is 10.1. The number of benzene rings is 1. The SMILES string of the molecule is CCNC(=NCCC(=O)NCc1ccccc1)NC1CCN(C(=O)OCC)CC1. The molecule has 0 radical (unpaired) electrons. The third-order valence-corrected chi connectivity index (χ3v) is 4.65. The molecule has 1 aromatic rings. The van der Waals surface area contributed by atoms with Gasteiger partial charge in [0.05, 0.1) is 13.2 Å². The minimum Gasteiger partial charge on any atom is -0.450 e. The van der Waals surface area contributed by atoms with Gasteiger partial charge in [0.1, 0.15) is 0 Å². The number of rotatable bonds is 8. The molecule has 1 aliphatic heterocycles. The molecular weight excluding hydrogens is 370 g/mol. The summed E-state index contributed by atoms with van der Waals surface area (Å²) in [5.74, 6) is 0.689. The van der Waals surface area contributed by atoms with Crippen LogP contribution in [0.2, 0.25) is 0 Å². The Labute approximate surface area is 173 Å². The van der Waals surface area contributed by atoms with Gasteiger partial charge in [-0.1, -0.05) is 30.3 Å². The smallest absolute Gasteiger partial charge is 0.409 e. The van der Waals surface area contributed by atoms with Crippen LogP contribution < -0.4 is 16.0 Å². The van der Waals surface area contributed by atoms with Crippen LogP contribution in [-0.2, 0) is 16.1 Å². The molecule has 0 atom stereocenters. The summed E-state index contributed by atoms with van der Waals surface area (Å²) in [5, 5.41) is 9.54. The Morgan fingerprint density at radius 1 is 1.14 bits per heavy atom. The first kappa shape index (κ1) is 22.5. The summed E-state index contributed by atoms with van der Waals surface area (Å²) in [4.78, 5) is 30.1. The molecule has 29 heavy (non-hydrogen) atoms. The van der Waals surface area contributed by atoms with E-state index < -0.39 is 0 Å². The van der Waals surface area contributed by atoms with Crippen LogP contribution in [0.4, 0.5) is 4.79 Å². The van der Waals surface area contributed by atoms with Crippen LogP contribution in [0.15, 0.2) is 35.3 Å². The summed E-state index contributed by atoms with van der Waals surface area (Å²) in [7, 11) is 0. The molecule has 1 heterocycles. The number of guanidine groups is 1. The molecule has 0 spiro atoms. The Hall–Kier alpha value is -2.77. The van der Waals surface area contributed by atoms with Crippen LogP contribution in [0, 0.1) is 0 Å². The van der Waals surface area contributed by atoms with Crippen molar-refractivity contribution in [1.82, 2.24) is 20.9 Å². The van der Waals surface area contributed by atoms with Crippen LogP contribution in [-0.4, -0.2) is 61.7 Å². The van der Waals surface area contributed by atoms with Gasteiger partial charge in [-0.3, -0.25) is 9.79 Å². The maximum Gasteiger partial charge on any atom is 0.409 e. The molecule has 0 unspecified atom stereocenters. The standard InChI is InChI=1S/C21H33N5O3/c1-3-22-20(25-18-11-14-26(15-12-18)21(28)29-4-2)23-13-10-19(27)24-16-17-8-6-5-7-9-17/h5-9,18H,3-4,10-16H2,1-2H3,(H,24,27)(H2,22,23,25). The molecule has 2 rings (SSSR count). The Morgan fingerprint density at radius 3 is 2.52 bits per heavy atom. The topological polar surface area (TPSA) is 95.1 Å². The summed E-state index contributed by atoms with van der Waals surface area (Å²) in [6.45, 7) is 7.23. The zero-order valence-electron chi connectivity index (χ0n) is 17.4. The molecule has 0 saturated carbocycles. The lowest BCUT2D eigenvalue weighted by Crippen LogP contribution is -2.50. The maximum absolute atomic E-state index is 12.0. The number of ether oxygens (including phenoxy) is 1. The number of amides is 2. The van der Waals surface area contributed by atoms with Crippen molar-refractivity contribution in [2.75, 3.05) is 32.8 Å². The average molecular weight is 404 g/mol. The van der Waals surface area contributed by atoms with Crippen LogP contribution in [0.1, 0.15) is 38.7 Å². The first-order chi connectivity index (χ1) is 14.1. The number of hydrogen-bond donors (Lipinski definition) is 3. The zero-order chi connectivity index (χ0) is 20.9. The zero-order valence-corrected chi connectivity index (χ0v) is 17.4. The van der Waals surface area contributed by atoms with Gasteiger partial charge in [-0.25, -0.2) is 4.79 Å². The van der Waals surface area contributed by atoms with Crippen molar-refractivity contribution < 1.29 is 14.3 Å². The molecule has 3 N–H and O–H groups in total. The number of nitrogens with zero attached hydrogens (tertiary/aromatic N) is 2. The fraction of sp³-hybridized carbons (Fsp3) is 0.571. The Balaban J connectivity index is 1.72. The summed E-state index contributed by atoms with van der Waals surface area (Å²) in [5.41, 5.74) is 1.08. The number of hydrogen-bond acceptors (Lipinski definition) is 4. The quantitative estimate of drug-likeness (QED) is 0.455. The highest BCUT2D eigenvalue weighted by molar-refractivity contribution is 5.81. The summed E-state index contributed by atoms with van der Waals surface area (Å²) < 4.78 is 5.05. The van der Waals surface area contributed by atoms with Gasteiger partial charge >= 0.3 is 6.09 Å². The van der Waals surface area contributed by atoms with Crippen molar-refractivity contribution in [3.63, 3.8) is 0 Å². The first-order valence-corrected chi connectivity index (χ1v) is 10.4. The third-order valence-electron chi connectivity index (χ3n) is 4.65. The molecular formula is C21H33N5O3. The van der Waals surface area contributed by atoms with Crippen molar-refractivity contribution in [2.45, 2.75) is 45.7 Å². The lowest BCUT2D eigenvalue weighted by Gasteiger charge is -2.32. The van der Waals surface area contributed by atoms with E-state index in [2.05, 4.69) is 20.9 Å². The Kier molecular flexibility index (Phi) is 9.82. The fourth-order valence-electron chi connectivity index (χ4n) is 3.09. The van der Waals surface area contributed by atoms with E-state index in [0.717, 1.165) is 24.9 Å². The Morgan fingerprint density at radius 2 is 1.86 bits per heavy atom. The van der Waals surface area contributed by atoms with Gasteiger partial charge in [0.15, 0.2) is 5.96 Å². The van der Waals surface area contributed by atoms with E-state index >= 15 is 0 Å². The van der Waals surface area contributed by atoms with Crippen molar-refractivity contribution in [3.8, 4) is 0 Å². The minimum absolute atomic E-state index is 0.0174. The molecule has 1 aromatic carbocycles. The van der Waals surface area contributed by atoms with Gasteiger partial charge < -0.3 is 25.6 Å². The van der Waals surface area contributed by atoms with E-state index in [4.69, 9.17) is 4.74 Å². The monoisotopic (exact) mass is 403 g/mol. The molecule has 0 aromatic heterocycles. The van der Waals surface area contributed by atoms with Crippen molar-refractivity contribution in [3.05, 3.63) is 35.9 Å². The van der Waals surface area contributed by atoms with E-state index in [1.54, 1.807) is 4.90 Å². The van der Waals surface area contributed by atoms with Gasteiger partial charge in [0.2, 0.25) is 5.91 Å². The van der Waals surface area contributed by atoms with Gasteiger partial charge in [0.25, 0.3) is 0 Å². The van der Waals surface area contributed by atoms with Crippen LogP contribution in [0.25, 0.3) is 0 Å². The number of carbonyl (C=O) groups excluding carboxylic acids is 2. The molecule has 8 nitrogen and oxygen atoms in total. The number of likely N-dealkylation sites (tertiary alicyclic amines) is 1. The normalized spacial score (nSPS) is 15.0. The third kappa shape index (κ3) is 8.41. The summed E-state index contributed by atoms with van der Waals surface area (Å²) in [6, 6.07) is 10.1. The van der Waals surface area contributed by atoms with E-state index in [1.807, 2.05) is 44.2 Å². The molecule has 1 saturated heterocycles. The van der Waals surface area contributed by atoms with Crippen molar-refractivity contribution >= 4 is 18.0 Å². The van der Waals surface area contributed by atoms with E-state index in [1.165, 1.54) is 0 Å². The lowest BCUT2D eigenvalue weighted by molar-refractivity contribution is -0.121. The second-order valence-corrected chi connectivity index (χ2v) is 6.88. The first-order valence-electron chi connectivity index (χ1n) is 10.4. The van der Waals surface area contributed by atoms with Gasteiger partial charge in [-0.2, -0.15) is 0 Å². The predicted octanol–water partition coefficient (Wildman–Crippen LogP) is 1.87. The number of piperidine rings is 1. The summed E-state index contributed by atoms with van der Waals surface area (Å²) >= 11 is 0. The largest absolute Gasteiger partial charge is 0.450 e. The Bertz CT molecular complexity index is 658. The highest BCUT2D eigenvalue weighted by Gasteiger charge is 2.24. The van der Waals surface area contributed by atoms with Gasteiger partial charge in [0, 0.05) is 38.6 Å². The number of carbonyl (C=O) groups is 2. The van der Waals surface area contributed by atoms with Gasteiger partial charge in [-0.05, 0) is 32.3 Å². The van der Waals surface area contributed by atoms with Crippen molar-refractivity contribution in [1.29, 1.82) is 0 Å². The van der Waals surface area contributed by atoms with E-state index in [0.29, 0.717) is 45.2 Å².